The monoisotopic (exact) mass is 370 g/mol. The second kappa shape index (κ2) is 9.25. The number of ether oxygens (including phenoxy) is 1. The molecule has 144 valence electrons. The summed E-state index contributed by atoms with van der Waals surface area (Å²) in [5.74, 6) is 0.637. The van der Waals surface area contributed by atoms with E-state index in [1.165, 1.54) is 5.69 Å². The smallest absolute Gasteiger partial charge is 0.316 e. The Kier molecular flexibility index (Phi) is 6.51. The lowest BCUT2D eigenvalue weighted by molar-refractivity contribution is 0.0663. The van der Waals surface area contributed by atoms with Gasteiger partial charge in [-0.2, -0.15) is 0 Å². The number of nitrogens with two attached hydrogens (primary N) is 1. The first-order chi connectivity index (χ1) is 13.1. The van der Waals surface area contributed by atoms with Gasteiger partial charge in [-0.1, -0.05) is 18.2 Å². The molecule has 1 fully saturated rings. The number of primary amides is 1. The number of anilines is 2. The third kappa shape index (κ3) is 5.87. The van der Waals surface area contributed by atoms with Crippen LogP contribution in [0.15, 0.2) is 54.6 Å². The molecule has 0 aliphatic carbocycles. The second-order valence-electron chi connectivity index (χ2n) is 6.60. The third-order valence-electron chi connectivity index (χ3n) is 4.53. The maximum atomic E-state index is 10.8. The Balaban J connectivity index is 1.38. The Morgan fingerprint density at radius 2 is 1.74 bits per heavy atom. The lowest BCUT2D eigenvalue weighted by atomic mass is 10.2. The average Bonchev–Trinajstić information content (AvgIpc) is 2.68. The summed E-state index contributed by atoms with van der Waals surface area (Å²) in [6.45, 7) is 4.54. The van der Waals surface area contributed by atoms with Crippen LogP contribution in [0.1, 0.15) is 0 Å². The van der Waals surface area contributed by atoms with Gasteiger partial charge < -0.3 is 25.8 Å². The zero-order valence-corrected chi connectivity index (χ0v) is 15.3. The fourth-order valence-corrected chi connectivity index (χ4v) is 3.15. The molecule has 1 heterocycles. The number of nitrogens with one attached hydrogen (secondary N) is 1. The molecule has 2 aromatic rings. The number of β-amino-alcohol motifs (C(OH)–C–C–N with tert-alkyl or cyclic N) is 1. The molecule has 1 unspecified atom stereocenters. The summed E-state index contributed by atoms with van der Waals surface area (Å²) in [6, 6.07) is 16.7. The van der Waals surface area contributed by atoms with Crippen LogP contribution in [0.4, 0.5) is 16.2 Å². The molecule has 1 aliphatic rings. The summed E-state index contributed by atoms with van der Waals surface area (Å²) < 4.78 is 5.63. The summed E-state index contributed by atoms with van der Waals surface area (Å²) >= 11 is 0. The highest BCUT2D eigenvalue weighted by Crippen LogP contribution is 2.17. The molecule has 1 saturated heterocycles. The number of benzene rings is 2. The number of aliphatic hydroxyl groups is 1. The standard InChI is InChI=1S/C20H26N4O3/c21-20(26)22-16-6-8-19(9-7-16)27-15-18(25)14-23-10-12-24(13-11-23)17-4-2-1-3-5-17/h1-9,18,25H,10-15H2,(H3,21,22,26). The molecular formula is C20H26N4O3. The van der Waals surface area contributed by atoms with Crippen molar-refractivity contribution < 1.29 is 14.6 Å². The van der Waals surface area contributed by atoms with Crippen LogP contribution in [-0.4, -0.2) is 61.5 Å². The van der Waals surface area contributed by atoms with Crippen molar-refractivity contribution in [3.05, 3.63) is 54.6 Å². The fraction of sp³-hybridized carbons (Fsp3) is 0.350. The summed E-state index contributed by atoms with van der Waals surface area (Å²) in [5, 5.41) is 12.8. The number of amides is 2. The second-order valence-corrected chi connectivity index (χ2v) is 6.60. The lowest BCUT2D eigenvalue weighted by Gasteiger charge is -2.36. The van der Waals surface area contributed by atoms with Gasteiger partial charge in [-0.05, 0) is 36.4 Å². The highest BCUT2D eigenvalue weighted by molar-refractivity contribution is 5.87. The Bertz CT molecular complexity index is 716. The van der Waals surface area contributed by atoms with Crippen molar-refractivity contribution in [2.45, 2.75) is 6.10 Å². The highest BCUT2D eigenvalue weighted by Gasteiger charge is 2.19. The van der Waals surface area contributed by atoms with Crippen molar-refractivity contribution in [1.29, 1.82) is 0 Å². The zero-order valence-electron chi connectivity index (χ0n) is 15.3. The molecule has 27 heavy (non-hydrogen) atoms. The van der Waals surface area contributed by atoms with Crippen molar-refractivity contribution in [3.8, 4) is 5.75 Å². The highest BCUT2D eigenvalue weighted by atomic mass is 16.5. The summed E-state index contributed by atoms with van der Waals surface area (Å²) in [5.41, 5.74) is 6.92. The topological polar surface area (TPSA) is 91.1 Å². The molecule has 3 rings (SSSR count). The number of aliphatic hydroxyl groups excluding tert-OH is 1. The van der Waals surface area contributed by atoms with Gasteiger partial charge in [0.15, 0.2) is 0 Å². The van der Waals surface area contributed by atoms with E-state index >= 15 is 0 Å². The number of piperazine rings is 1. The van der Waals surface area contributed by atoms with E-state index < -0.39 is 12.1 Å². The van der Waals surface area contributed by atoms with E-state index in [-0.39, 0.29) is 6.61 Å². The van der Waals surface area contributed by atoms with Crippen molar-refractivity contribution in [2.24, 2.45) is 5.73 Å². The molecule has 2 aromatic carbocycles. The van der Waals surface area contributed by atoms with Crippen LogP contribution in [0.2, 0.25) is 0 Å². The Hall–Kier alpha value is -2.77. The average molecular weight is 370 g/mol. The van der Waals surface area contributed by atoms with Crippen LogP contribution >= 0.6 is 0 Å². The lowest BCUT2D eigenvalue weighted by Crippen LogP contribution is -2.49. The van der Waals surface area contributed by atoms with Gasteiger partial charge in [0.05, 0.1) is 0 Å². The molecule has 1 aliphatic heterocycles. The Morgan fingerprint density at radius 1 is 1.07 bits per heavy atom. The number of carbonyl (C=O) groups excluding carboxylic acids is 1. The van der Waals surface area contributed by atoms with E-state index in [2.05, 4.69) is 39.4 Å². The molecule has 0 aromatic heterocycles. The first-order valence-corrected chi connectivity index (χ1v) is 9.10. The Morgan fingerprint density at radius 3 is 2.37 bits per heavy atom. The number of hydrogen-bond donors (Lipinski definition) is 3. The summed E-state index contributed by atoms with van der Waals surface area (Å²) in [6.07, 6.45) is -0.559. The normalized spacial score (nSPS) is 16.0. The van der Waals surface area contributed by atoms with Gasteiger partial charge in [-0.15, -0.1) is 0 Å². The maximum Gasteiger partial charge on any atom is 0.316 e. The minimum absolute atomic E-state index is 0.224. The first-order valence-electron chi connectivity index (χ1n) is 9.10. The first kappa shape index (κ1) is 19.0. The van der Waals surface area contributed by atoms with E-state index in [9.17, 15) is 9.90 Å². The third-order valence-corrected chi connectivity index (χ3v) is 4.53. The summed E-state index contributed by atoms with van der Waals surface area (Å²) in [4.78, 5) is 15.4. The van der Waals surface area contributed by atoms with Gasteiger partial charge in [0.25, 0.3) is 0 Å². The van der Waals surface area contributed by atoms with Crippen LogP contribution < -0.4 is 20.7 Å². The quantitative estimate of drug-likeness (QED) is 0.691. The predicted molar refractivity (Wildman–Crippen MR) is 106 cm³/mol. The maximum absolute atomic E-state index is 10.8. The van der Waals surface area contributed by atoms with E-state index in [4.69, 9.17) is 10.5 Å². The fourth-order valence-electron chi connectivity index (χ4n) is 3.15. The van der Waals surface area contributed by atoms with E-state index in [1.54, 1.807) is 24.3 Å². The number of hydrogen-bond acceptors (Lipinski definition) is 5. The van der Waals surface area contributed by atoms with E-state index in [0.29, 0.717) is 18.0 Å². The molecule has 0 bridgehead atoms. The predicted octanol–water partition coefficient (Wildman–Crippen LogP) is 1.74. The molecular weight excluding hydrogens is 344 g/mol. The molecule has 0 saturated carbocycles. The van der Waals surface area contributed by atoms with Crippen LogP contribution in [0.3, 0.4) is 0 Å². The van der Waals surface area contributed by atoms with Gasteiger partial charge in [0.2, 0.25) is 0 Å². The van der Waals surface area contributed by atoms with Crippen LogP contribution in [0.25, 0.3) is 0 Å². The SMILES string of the molecule is NC(=O)Nc1ccc(OCC(O)CN2CCN(c3ccccc3)CC2)cc1. The van der Waals surface area contributed by atoms with Crippen molar-refractivity contribution in [1.82, 2.24) is 4.90 Å². The van der Waals surface area contributed by atoms with Crippen LogP contribution in [0.5, 0.6) is 5.75 Å². The molecule has 7 nitrogen and oxygen atoms in total. The molecule has 0 spiro atoms. The number of urea groups is 1. The number of para-hydroxylation sites is 1. The van der Waals surface area contributed by atoms with Gasteiger partial charge in [-0.25, -0.2) is 4.79 Å². The Labute approximate surface area is 159 Å². The molecule has 4 N–H and O–H groups in total. The summed E-state index contributed by atoms with van der Waals surface area (Å²) in [7, 11) is 0. The minimum Gasteiger partial charge on any atom is -0.491 e. The molecule has 7 heteroatoms. The largest absolute Gasteiger partial charge is 0.491 e. The van der Waals surface area contributed by atoms with E-state index in [1.807, 2.05) is 6.07 Å². The van der Waals surface area contributed by atoms with Crippen molar-refractivity contribution in [2.75, 3.05) is 49.5 Å². The van der Waals surface area contributed by atoms with Crippen LogP contribution in [-0.2, 0) is 0 Å². The minimum atomic E-state index is -0.605. The van der Waals surface area contributed by atoms with Crippen molar-refractivity contribution in [3.63, 3.8) is 0 Å². The number of carbonyl (C=O) groups is 1. The van der Waals surface area contributed by atoms with E-state index in [0.717, 1.165) is 26.2 Å². The number of nitrogens with zero attached hydrogens (tertiary/aromatic N) is 2. The van der Waals surface area contributed by atoms with Crippen LogP contribution in [0, 0.1) is 0 Å². The van der Waals surface area contributed by atoms with Crippen molar-refractivity contribution >= 4 is 17.4 Å². The molecule has 2 amide bonds. The molecule has 0 radical (unpaired) electrons. The van der Waals surface area contributed by atoms with Gasteiger partial charge in [0, 0.05) is 44.1 Å². The van der Waals surface area contributed by atoms with Gasteiger partial charge >= 0.3 is 6.03 Å². The van der Waals surface area contributed by atoms with Gasteiger partial charge in [0.1, 0.15) is 18.5 Å². The number of rotatable bonds is 7. The zero-order chi connectivity index (χ0) is 19.1. The van der Waals surface area contributed by atoms with Gasteiger partial charge in [-0.3, -0.25) is 4.90 Å². The molecule has 1 atom stereocenters.